The zero-order chi connectivity index (χ0) is 18.6. The molecule has 0 amide bonds. The highest BCUT2D eigenvalue weighted by atomic mass is 16.6. The summed E-state index contributed by atoms with van der Waals surface area (Å²) < 4.78 is 13.3. The molecule has 3 rings (SSSR count). The number of aromatic nitrogens is 1. The molecule has 0 fully saturated rings. The van der Waals surface area contributed by atoms with E-state index in [1.165, 1.54) is 21.8 Å². The van der Waals surface area contributed by atoms with Gasteiger partial charge in [0.25, 0.3) is 0 Å². The summed E-state index contributed by atoms with van der Waals surface area (Å²) in [7, 11) is 0. The lowest BCUT2D eigenvalue weighted by molar-refractivity contribution is -0.155. The van der Waals surface area contributed by atoms with Gasteiger partial charge >= 0.3 is 5.97 Å². The first-order valence-electron chi connectivity index (χ1n) is 9.25. The first-order valence-corrected chi connectivity index (χ1v) is 9.25. The topological polar surface area (TPSA) is 40.5 Å². The highest BCUT2D eigenvalue weighted by Crippen LogP contribution is 2.28. The summed E-state index contributed by atoms with van der Waals surface area (Å²) in [6, 6.07) is 16.9. The maximum atomic E-state index is 11.9. The van der Waals surface area contributed by atoms with Crippen molar-refractivity contribution in [2.45, 2.75) is 33.7 Å². The maximum absolute atomic E-state index is 11.9. The van der Waals surface area contributed by atoms with E-state index in [1.54, 1.807) is 0 Å². The van der Waals surface area contributed by atoms with Crippen molar-refractivity contribution in [2.24, 2.45) is 5.41 Å². The van der Waals surface area contributed by atoms with Crippen LogP contribution < -0.4 is 0 Å². The monoisotopic (exact) mass is 353 g/mol. The minimum atomic E-state index is -0.428. The van der Waals surface area contributed by atoms with Crippen molar-refractivity contribution < 1.29 is 14.3 Å². The van der Waals surface area contributed by atoms with Gasteiger partial charge in [-0.1, -0.05) is 43.3 Å². The van der Waals surface area contributed by atoms with Crippen molar-refractivity contribution in [3.05, 3.63) is 48.5 Å². The van der Waals surface area contributed by atoms with E-state index in [0.717, 1.165) is 13.0 Å². The van der Waals surface area contributed by atoms with Crippen LogP contribution in [0.4, 0.5) is 0 Å². The Balaban J connectivity index is 1.56. The minimum Gasteiger partial charge on any atom is -0.463 e. The van der Waals surface area contributed by atoms with Gasteiger partial charge in [0, 0.05) is 28.4 Å². The number of carbonyl (C=O) groups is 1. The molecule has 0 aliphatic carbocycles. The lowest BCUT2D eigenvalue weighted by atomic mass is 9.91. The first-order chi connectivity index (χ1) is 12.5. The molecule has 0 aliphatic rings. The third kappa shape index (κ3) is 3.75. The molecule has 0 aliphatic heterocycles. The highest BCUT2D eigenvalue weighted by Gasteiger charge is 2.26. The van der Waals surface area contributed by atoms with E-state index in [0.29, 0.717) is 19.8 Å². The Morgan fingerprint density at radius 2 is 1.50 bits per heavy atom. The maximum Gasteiger partial charge on any atom is 0.311 e. The molecule has 138 valence electrons. The number of rotatable bonds is 8. The Labute approximate surface area is 154 Å². The summed E-state index contributed by atoms with van der Waals surface area (Å²) >= 11 is 0. The molecule has 4 nitrogen and oxygen atoms in total. The van der Waals surface area contributed by atoms with Gasteiger partial charge in [0.15, 0.2) is 0 Å². The summed E-state index contributed by atoms with van der Waals surface area (Å²) in [5.41, 5.74) is 2.00. The van der Waals surface area contributed by atoms with Crippen molar-refractivity contribution in [2.75, 3.05) is 19.8 Å². The normalized spacial score (nSPS) is 12.0. The molecule has 0 N–H and O–H groups in total. The fourth-order valence-corrected chi connectivity index (χ4v) is 3.04. The molecule has 0 saturated heterocycles. The molecule has 1 heterocycles. The van der Waals surface area contributed by atoms with Crippen LogP contribution in [0.1, 0.15) is 27.2 Å². The number of hydrogen-bond acceptors (Lipinski definition) is 3. The van der Waals surface area contributed by atoms with Gasteiger partial charge in [-0.05, 0) is 32.4 Å². The average molecular weight is 353 g/mol. The van der Waals surface area contributed by atoms with Gasteiger partial charge in [0.1, 0.15) is 6.61 Å². The second kappa shape index (κ2) is 7.92. The summed E-state index contributed by atoms with van der Waals surface area (Å²) in [6.45, 7) is 7.86. The highest BCUT2D eigenvalue weighted by molar-refractivity contribution is 6.07. The second-order valence-electron chi connectivity index (χ2n) is 7.17. The van der Waals surface area contributed by atoms with Crippen molar-refractivity contribution in [1.82, 2.24) is 4.57 Å². The number of benzene rings is 2. The molecular weight excluding hydrogens is 326 g/mol. The SMILES string of the molecule is CCC(C)(C)C(=O)OCCOCCn1c2ccccc2c2ccccc21. The van der Waals surface area contributed by atoms with Crippen LogP contribution in [0.5, 0.6) is 0 Å². The molecule has 2 aromatic carbocycles. The molecule has 0 spiro atoms. The number of esters is 1. The van der Waals surface area contributed by atoms with Crippen LogP contribution in [0.25, 0.3) is 21.8 Å². The summed E-state index contributed by atoms with van der Waals surface area (Å²) in [5, 5.41) is 2.53. The van der Waals surface area contributed by atoms with Crippen LogP contribution in [0.2, 0.25) is 0 Å². The standard InChI is InChI=1S/C22H27NO3/c1-4-22(2,3)21(24)26-16-15-25-14-13-23-19-11-7-5-9-17(19)18-10-6-8-12-20(18)23/h5-12H,4,13-16H2,1-3H3. The van der Waals surface area contributed by atoms with Gasteiger partial charge in [-0.3, -0.25) is 4.79 Å². The number of fused-ring (bicyclic) bond motifs is 3. The quantitative estimate of drug-likeness (QED) is 0.432. The zero-order valence-corrected chi connectivity index (χ0v) is 15.8. The van der Waals surface area contributed by atoms with Gasteiger partial charge < -0.3 is 14.0 Å². The summed E-state index contributed by atoms with van der Waals surface area (Å²) in [5.74, 6) is -0.161. The smallest absolute Gasteiger partial charge is 0.311 e. The number of hydrogen-bond donors (Lipinski definition) is 0. The van der Waals surface area contributed by atoms with E-state index in [2.05, 4.69) is 53.1 Å². The number of ether oxygens (including phenoxy) is 2. The Hall–Kier alpha value is -2.33. The van der Waals surface area contributed by atoms with Crippen LogP contribution in [-0.4, -0.2) is 30.4 Å². The lowest BCUT2D eigenvalue weighted by Gasteiger charge is -2.20. The third-order valence-corrected chi connectivity index (χ3v) is 5.04. The molecule has 0 radical (unpaired) electrons. The van der Waals surface area contributed by atoms with Crippen LogP contribution >= 0.6 is 0 Å². The average Bonchev–Trinajstić information content (AvgIpc) is 2.98. The van der Waals surface area contributed by atoms with E-state index in [9.17, 15) is 4.79 Å². The second-order valence-corrected chi connectivity index (χ2v) is 7.17. The van der Waals surface area contributed by atoms with Crippen molar-refractivity contribution in [3.8, 4) is 0 Å². The fraction of sp³-hybridized carbons (Fsp3) is 0.409. The van der Waals surface area contributed by atoms with Crippen LogP contribution in [0.15, 0.2) is 48.5 Å². The predicted molar refractivity (Wildman–Crippen MR) is 105 cm³/mol. The van der Waals surface area contributed by atoms with Gasteiger partial charge in [-0.25, -0.2) is 0 Å². The van der Waals surface area contributed by atoms with E-state index >= 15 is 0 Å². The van der Waals surface area contributed by atoms with E-state index in [-0.39, 0.29) is 5.97 Å². The van der Waals surface area contributed by atoms with Crippen LogP contribution in [0, 0.1) is 5.41 Å². The molecule has 4 heteroatoms. The summed E-state index contributed by atoms with van der Waals surface area (Å²) in [4.78, 5) is 11.9. The van der Waals surface area contributed by atoms with E-state index in [1.807, 2.05) is 20.8 Å². The van der Waals surface area contributed by atoms with Gasteiger partial charge in [0.05, 0.1) is 18.6 Å². The molecule has 26 heavy (non-hydrogen) atoms. The van der Waals surface area contributed by atoms with Crippen molar-refractivity contribution >= 4 is 27.8 Å². The minimum absolute atomic E-state index is 0.161. The van der Waals surface area contributed by atoms with Gasteiger partial charge in [0.2, 0.25) is 0 Å². The molecular formula is C22H27NO3. The van der Waals surface area contributed by atoms with E-state index < -0.39 is 5.41 Å². The lowest BCUT2D eigenvalue weighted by Crippen LogP contribution is -2.27. The molecule has 0 saturated carbocycles. The first kappa shape index (κ1) is 18.5. The number of para-hydroxylation sites is 2. The Kier molecular flexibility index (Phi) is 5.62. The fourth-order valence-electron chi connectivity index (χ4n) is 3.04. The van der Waals surface area contributed by atoms with Gasteiger partial charge in [-0.15, -0.1) is 0 Å². The Bertz CT molecular complexity index is 841. The molecule has 1 aromatic heterocycles. The molecule has 0 unspecified atom stereocenters. The van der Waals surface area contributed by atoms with Crippen LogP contribution in [0.3, 0.4) is 0 Å². The number of carbonyl (C=O) groups excluding carboxylic acids is 1. The zero-order valence-electron chi connectivity index (χ0n) is 15.8. The Morgan fingerprint density at radius 1 is 0.923 bits per heavy atom. The molecule has 3 aromatic rings. The van der Waals surface area contributed by atoms with E-state index in [4.69, 9.17) is 9.47 Å². The summed E-state index contributed by atoms with van der Waals surface area (Å²) in [6.07, 6.45) is 0.764. The Morgan fingerprint density at radius 3 is 2.08 bits per heavy atom. The largest absolute Gasteiger partial charge is 0.463 e. The van der Waals surface area contributed by atoms with Crippen molar-refractivity contribution in [1.29, 1.82) is 0 Å². The van der Waals surface area contributed by atoms with Crippen molar-refractivity contribution in [3.63, 3.8) is 0 Å². The molecule has 0 bridgehead atoms. The number of nitrogens with zero attached hydrogens (tertiary/aromatic N) is 1. The predicted octanol–water partition coefficient (Wildman–Crippen LogP) is 4.79. The molecule has 0 atom stereocenters. The third-order valence-electron chi connectivity index (χ3n) is 5.04. The van der Waals surface area contributed by atoms with Crippen LogP contribution in [-0.2, 0) is 20.8 Å². The van der Waals surface area contributed by atoms with Gasteiger partial charge in [-0.2, -0.15) is 0 Å².